The number of nitrogens with one attached hydrogen (secondary N) is 1. The number of methoxy groups -OCH3 is 1. The highest BCUT2D eigenvalue weighted by Gasteiger charge is 2.33. The topological polar surface area (TPSA) is 90.9 Å². The van der Waals surface area contributed by atoms with Gasteiger partial charge in [0.25, 0.3) is 5.91 Å². The molecule has 0 bridgehead atoms. The van der Waals surface area contributed by atoms with Gasteiger partial charge in [-0.3, -0.25) is 9.36 Å². The molecule has 0 saturated carbocycles. The fourth-order valence-electron chi connectivity index (χ4n) is 2.33. The summed E-state index contributed by atoms with van der Waals surface area (Å²) in [6.45, 7) is 10.8. The van der Waals surface area contributed by atoms with Gasteiger partial charge in [-0.05, 0) is 22.7 Å². The Morgan fingerprint density at radius 3 is 2.10 bits per heavy atom. The van der Waals surface area contributed by atoms with Crippen LogP contribution in [-0.4, -0.2) is 47.3 Å². The molecule has 0 unspecified atom stereocenters. The minimum absolute atomic E-state index is 0.0930. The first-order valence-corrected chi connectivity index (χ1v) is 14.7. The third kappa shape index (κ3) is 7.93. The summed E-state index contributed by atoms with van der Waals surface area (Å²) in [5.41, 5.74) is 4.40. The van der Waals surface area contributed by atoms with Gasteiger partial charge in [-0.1, -0.05) is 46.0 Å². The molecule has 1 aromatic carbocycles. The number of benzene rings is 1. The monoisotopic (exact) mass is 467 g/mol. The van der Waals surface area contributed by atoms with E-state index in [4.69, 9.17) is 13.8 Å². The van der Waals surface area contributed by atoms with Crippen molar-refractivity contribution in [2.45, 2.75) is 57.5 Å². The van der Waals surface area contributed by atoms with E-state index >= 15 is 0 Å². The van der Waals surface area contributed by atoms with Crippen molar-refractivity contribution in [2.75, 3.05) is 21.3 Å². The largest absolute Gasteiger partial charge is 0.467 e. The fourth-order valence-corrected chi connectivity index (χ4v) is 4.31. The zero-order chi connectivity index (χ0) is 23.9. The van der Waals surface area contributed by atoms with Crippen LogP contribution < -0.4 is 5.32 Å². The second-order valence-corrected chi connectivity index (χ2v) is 16.0. The van der Waals surface area contributed by atoms with Gasteiger partial charge in [0.1, 0.15) is 14.1 Å². The van der Waals surface area contributed by atoms with Crippen LogP contribution in [0.25, 0.3) is 0 Å². The molecule has 31 heavy (non-hydrogen) atoms. The molecule has 1 aromatic rings. The Hall–Kier alpha value is -1.91. The molecule has 1 rings (SSSR count). The summed E-state index contributed by atoms with van der Waals surface area (Å²) in [5.74, 6) is 2.12. The number of esters is 1. The average molecular weight is 468 g/mol. The Kier molecular flexibility index (Phi) is 9.71. The molecule has 1 amide bonds. The highest BCUT2D eigenvalue weighted by molar-refractivity contribution is 7.52. The third-order valence-corrected chi connectivity index (χ3v) is 11.9. The van der Waals surface area contributed by atoms with Gasteiger partial charge < -0.3 is 19.1 Å². The van der Waals surface area contributed by atoms with E-state index in [1.165, 1.54) is 21.3 Å². The van der Waals surface area contributed by atoms with E-state index in [2.05, 4.69) is 50.6 Å². The van der Waals surface area contributed by atoms with Crippen LogP contribution in [0.1, 0.15) is 43.1 Å². The zero-order valence-electron chi connectivity index (χ0n) is 19.7. The Bertz CT molecular complexity index is 872. The number of amides is 1. The molecule has 1 atom stereocenters. The predicted octanol–water partition coefficient (Wildman–Crippen LogP) is 4.39. The molecular weight excluding hydrogens is 433 g/mol. The molecule has 0 spiro atoms. The summed E-state index contributed by atoms with van der Waals surface area (Å²) in [7, 11) is -1.08. The Labute approximate surface area is 186 Å². The summed E-state index contributed by atoms with van der Waals surface area (Å²) < 4.78 is 26.9. The lowest BCUT2D eigenvalue weighted by molar-refractivity contribution is -0.142. The summed E-state index contributed by atoms with van der Waals surface area (Å²) in [6.07, 6.45) is 0.267. The molecule has 0 fully saturated rings. The van der Waals surface area contributed by atoms with Crippen molar-refractivity contribution in [2.24, 2.45) is 0 Å². The first-order chi connectivity index (χ1) is 14.3. The van der Waals surface area contributed by atoms with E-state index in [9.17, 15) is 14.2 Å². The van der Waals surface area contributed by atoms with E-state index in [0.29, 0.717) is 11.1 Å². The van der Waals surface area contributed by atoms with Crippen LogP contribution in [0, 0.1) is 11.5 Å². The highest BCUT2D eigenvalue weighted by Crippen LogP contribution is 2.49. The average Bonchev–Trinajstić information content (AvgIpc) is 2.71. The van der Waals surface area contributed by atoms with E-state index in [0.717, 1.165) is 0 Å². The fraction of sp³-hybridized carbons (Fsp3) is 0.545. The van der Waals surface area contributed by atoms with Gasteiger partial charge in [-0.2, -0.15) is 0 Å². The number of ether oxygens (including phenoxy) is 1. The van der Waals surface area contributed by atoms with Crippen molar-refractivity contribution >= 4 is 27.5 Å². The minimum atomic E-state index is -3.19. The Morgan fingerprint density at radius 2 is 1.65 bits per heavy atom. The lowest BCUT2D eigenvalue weighted by Crippen LogP contribution is -2.41. The molecule has 0 saturated heterocycles. The van der Waals surface area contributed by atoms with Crippen molar-refractivity contribution in [3.63, 3.8) is 0 Å². The number of carbonyl (C=O) groups excluding carboxylic acids is 2. The van der Waals surface area contributed by atoms with Gasteiger partial charge in [0.2, 0.25) is 0 Å². The highest BCUT2D eigenvalue weighted by atomic mass is 31.2. The maximum Gasteiger partial charge on any atom is 0.334 e. The molecule has 0 aliphatic carbocycles. The van der Waals surface area contributed by atoms with Crippen molar-refractivity contribution < 1.29 is 27.9 Å². The van der Waals surface area contributed by atoms with Crippen LogP contribution in [0.2, 0.25) is 18.1 Å². The lowest BCUT2D eigenvalue weighted by Gasteiger charge is -2.31. The van der Waals surface area contributed by atoms with Crippen molar-refractivity contribution in [3.8, 4) is 11.5 Å². The van der Waals surface area contributed by atoms with E-state index in [1.807, 2.05) is 0 Å². The van der Waals surface area contributed by atoms with Crippen LogP contribution in [0.5, 0.6) is 0 Å². The van der Waals surface area contributed by atoms with Crippen molar-refractivity contribution in [1.82, 2.24) is 5.32 Å². The predicted molar refractivity (Wildman–Crippen MR) is 125 cm³/mol. The number of carbonyl (C=O) groups is 2. The summed E-state index contributed by atoms with van der Waals surface area (Å²) in [6, 6.07) is 5.66. The molecule has 172 valence electrons. The second-order valence-electron chi connectivity index (χ2n) is 8.76. The zero-order valence-corrected chi connectivity index (χ0v) is 21.6. The molecule has 9 heteroatoms. The van der Waals surface area contributed by atoms with Crippen molar-refractivity contribution in [1.29, 1.82) is 0 Å². The van der Waals surface area contributed by atoms with Gasteiger partial charge in [-0.25, -0.2) is 4.79 Å². The summed E-state index contributed by atoms with van der Waals surface area (Å²) in [4.78, 5) is 24.8. The number of hydrogen-bond donors (Lipinski definition) is 1. The Morgan fingerprint density at radius 1 is 1.10 bits per heavy atom. The lowest BCUT2D eigenvalue weighted by atomic mass is 10.1. The molecule has 0 aliphatic rings. The maximum absolute atomic E-state index is 12.6. The molecule has 0 radical (unpaired) electrons. The Balaban J connectivity index is 2.92. The van der Waals surface area contributed by atoms with Crippen LogP contribution >= 0.6 is 7.60 Å². The minimum Gasteiger partial charge on any atom is -0.467 e. The number of rotatable bonds is 8. The molecule has 0 heterocycles. The van der Waals surface area contributed by atoms with Gasteiger partial charge >= 0.3 is 13.6 Å². The third-order valence-electron chi connectivity index (χ3n) is 5.52. The van der Waals surface area contributed by atoms with E-state index in [1.54, 1.807) is 24.3 Å². The van der Waals surface area contributed by atoms with Gasteiger partial charge in [0.05, 0.1) is 13.3 Å². The van der Waals surface area contributed by atoms with Gasteiger partial charge in [0, 0.05) is 26.2 Å². The van der Waals surface area contributed by atoms with Gasteiger partial charge in [-0.15, -0.1) is 11.5 Å². The first-order valence-electron chi connectivity index (χ1n) is 9.97. The molecule has 7 nitrogen and oxygen atoms in total. The van der Waals surface area contributed by atoms with Crippen LogP contribution in [0.4, 0.5) is 0 Å². The summed E-state index contributed by atoms with van der Waals surface area (Å²) in [5, 5.41) is 2.79. The molecular formula is C22H34NO6PSi. The number of hydrogen-bond acceptors (Lipinski definition) is 6. The summed E-state index contributed by atoms with van der Waals surface area (Å²) >= 11 is 0. The quantitative estimate of drug-likeness (QED) is 0.264. The van der Waals surface area contributed by atoms with Gasteiger partial charge in [0.15, 0.2) is 0 Å². The normalized spacial score (nSPS) is 13.0. The van der Waals surface area contributed by atoms with Crippen LogP contribution in [0.15, 0.2) is 24.3 Å². The van der Waals surface area contributed by atoms with Crippen molar-refractivity contribution in [3.05, 3.63) is 35.4 Å². The second kappa shape index (κ2) is 11.1. The smallest absolute Gasteiger partial charge is 0.334 e. The maximum atomic E-state index is 12.6. The van der Waals surface area contributed by atoms with E-state index < -0.39 is 33.6 Å². The SMILES string of the molecule is COC(=O)[C@@H](CC#C[Si](C)(C)C(C)(C)C)NC(=O)c1ccc(CP(=O)(OC)OC)cc1. The van der Waals surface area contributed by atoms with E-state index in [-0.39, 0.29) is 17.6 Å². The van der Waals surface area contributed by atoms with Crippen LogP contribution in [0.3, 0.4) is 0 Å². The molecule has 0 aromatic heterocycles. The molecule has 1 N–H and O–H groups in total. The standard InChI is InChI=1S/C22H34NO6PSi/c1-22(2,3)31(7,8)15-9-10-19(21(25)27-4)23-20(24)18-13-11-17(12-14-18)16-30(26,28-5)29-6/h11-14,19H,10,16H2,1-8H3,(H,23,24)/t19-/m1/s1. The first kappa shape index (κ1) is 27.1. The van der Waals surface area contributed by atoms with Crippen LogP contribution in [-0.2, 0) is 29.3 Å². The molecule has 0 aliphatic heterocycles.